The van der Waals surface area contributed by atoms with Crippen LogP contribution in [0.1, 0.15) is 89.5 Å². The van der Waals surface area contributed by atoms with Gasteiger partial charge in [-0.15, -0.1) is 0 Å². The lowest BCUT2D eigenvalue weighted by atomic mass is 9.80. The topological polar surface area (TPSA) is 18.5 Å². The molecule has 0 radical (unpaired) electrons. The maximum Gasteiger partial charge on any atom is 0.201 e. The van der Waals surface area contributed by atoms with E-state index in [-0.39, 0.29) is 11.3 Å². The van der Waals surface area contributed by atoms with Gasteiger partial charge in [-0.25, -0.2) is 4.39 Å². The number of ether oxygens (including phenoxy) is 2. The van der Waals surface area contributed by atoms with Gasteiger partial charge in [-0.05, 0) is 86.5 Å². The lowest BCUT2D eigenvalue weighted by Crippen LogP contribution is -2.25. The van der Waals surface area contributed by atoms with Crippen molar-refractivity contribution in [2.75, 3.05) is 13.2 Å². The van der Waals surface area contributed by atoms with Crippen LogP contribution in [0.3, 0.4) is 0 Å². The summed E-state index contributed by atoms with van der Waals surface area (Å²) in [6, 6.07) is 11.1. The van der Waals surface area contributed by atoms with Crippen LogP contribution in [0, 0.1) is 23.5 Å². The van der Waals surface area contributed by atoms with Gasteiger partial charge in [0.1, 0.15) is 0 Å². The molecule has 0 aliphatic heterocycles. The molecule has 0 spiro atoms. The first-order valence-corrected chi connectivity index (χ1v) is 13.4. The molecule has 186 valence electrons. The van der Waals surface area contributed by atoms with Crippen molar-refractivity contribution in [3.05, 3.63) is 53.6 Å². The Morgan fingerprint density at radius 1 is 0.765 bits per heavy atom. The molecule has 0 heterocycles. The molecule has 34 heavy (non-hydrogen) atoms. The summed E-state index contributed by atoms with van der Waals surface area (Å²) in [6.07, 6.45) is 13.0. The van der Waals surface area contributed by atoms with Crippen molar-refractivity contribution >= 4 is 0 Å². The monoisotopic (exact) mass is 470 g/mol. The molecule has 0 aromatic heterocycles. The van der Waals surface area contributed by atoms with Gasteiger partial charge >= 0.3 is 0 Å². The van der Waals surface area contributed by atoms with Crippen molar-refractivity contribution in [2.45, 2.75) is 90.1 Å². The van der Waals surface area contributed by atoms with E-state index in [0.717, 1.165) is 44.1 Å². The first-order chi connectivity index (χ1) is 16.6. The van der Waals surface area contributed by atoms with E-state index in [0.29, 0.717) is 24.2 Å². The van der Waals surface area contributed by atoms with Crippen molar-refractivity contribution in [3.8, 4) is 16.9 Å². The lowest BCUT2D eigenvalue weighted by Gasteiger charge is -2.32. The number of halogens is 2. The second kappa shape index (κ2) is 12.2. The maximum atomic E-state index is 14.6. The average molecular weight is 471 g/mol. The molecule has 4 rings (SSSR count). The maximum absolute atomic E-state index is 14.6. The van der Waals surface area contributed by atoms with Crippen LogP contribution in [0.5, 0.6) is 5.75 Å². The van der Waals surface area contributed by atoms with Gasteiger partial charge in [0, 0.05) is 12.2 Å². The fraction of sp³-hybridized carbons (Fsp3) is 0.600. The van der Waals surface area contributed by atoms with E-state index in [1.165, 1.54) is 50.2 Å². The highest BCUT2D eigenvalue weighted by Crippen LogP contribution is 2.37. The van der Waals surface area contributed by atoms with Gasteiger partial charge in [0.25, 0.3) is 0 Å². The molecule has 0 saturated heterocycles. The molecular formula is C30H40F2O2. The Labute approximate surface area is 204 Å². The molecule has 4 heteroatoms. The molecule has 0 atom stereocenters. The zero-order valence-electron chi connectivity index (χ0n) is 20.8. The molecule has 0 unspecified atom stereocenters. The lowest BCUT2D eigenvalue weighted by molar-refractivity contribution is -0.00479. The predicted octanol–water partition coefficient (Wildman–Crippen LogP) is 8.68. The molecule has 2 fully saturated rings. The fourth-order valence-corrected chi connectivity index (χ4v) is 5.89. The molecule has 2 aliphatic rings. The van der Waals surface area contributed by atoms with Crippen LogP contribution in [-0.4, -0.2) is 19.3 Å². The minimum atomic E-state index is -0.921. The molecule has 0 amide bonds. The first-order valence-electron chi connectivity index (χ1n) is 13.4. The summed E-state index contributed by atoms with van der Waals surface area (Å²) < 4.78 is 40.3. The fourth-order valence-electron chi connectivity index (χ4n) is 5.89. The van der Waals surface area contributed by atoms with Crippen LogP contribution in [-0.2, 0) is 4.74 Å². The van der Waals surface area contributed by atoms with E-state index in [1.807, 2.05) is 12.1 Å². The predicted molar refractivity (Wildman–Crippen MR) is 134 cm³/mol. The van der Waals surface area contributed by atoms with Crippen LogP contribution in [0.15, 0.2) is 36.4 Å². The van der Waals surface area contributed by atoms with E-state index in [9.17, 15) is 8.78 Å². The van der Waals surface area contributed by atoms with E-state index in [4.69, 9.17) is 9.47 Å². The zero-order valence-corrected chi connectivity index (χ0v) is 20.8. The summed E-state index contributed by atoms with van der Waals surface area (Å²) in [5, 5.41) is 0. The van der Waals surface area contributed by atoms with Crippen molar-refractivity contribution in [2.24, 2.45) is 11.8 Å². The second-order valence-electron chi connectivity index (χ2n) is 10.3. The summed E-state index contributed by atoms with van der Waals surface area (Å²) in [5.41, 5.74) is 2.24. The Bertz CT molecular complexity index is 895. The van der Waals surface area contributed by atoms with Gasteiger partial charge in [-0.1, -0.05) is 56.9 Å². The van der Waals surface area contributed by atoms with Crippen molar-refractivity contribution in [3.63, 3.8) is 0 Å². The SMILES string of the molecule is CCCC1CCC(COC2CCC(c3ccc(-c4ccc(OCC)c(F)c4F)cc3)CC2)CC1. The number of hydrogen-bond acceptors (Lipinski definition) is 2. The third-order valence-electron chi connectivity index (χ3n) is 7.94. The summed E-state index contributed by atoms with van der Waals surface area (Å²) in [7, 11) is 0. The molecule has 2 nitrogen and oxygen atoms in total. The Balaban J connectivity index is 1.26. The Kier molecular flexibility index (Phi) is 8.99. The summed E-state index contributed by atoms with van der Waals surface area (Å²) in [5.74, 6) is 0.411. The third-order valence-corrected chi connectivity index (χ3v) is 7.94. The number of benzene rings is 2. The normalized spacial score (nSPS) is 25.3. The van der Waals surface area contributed by atoms with Crippen molar-refractivity contribution < 1.29 is 18.3 Å². The van der Waals surface area contributed by atoms with Crippen molar-refractivity contribution in [1.82, 2.24) is 0 Å². The third kappa shape index (κ3) is 6.19. The molecule has 2 aromatic rings. The largest absolute Gasteiger partial charge is 0.491 e. The number of hydrogen-bond donors (Lipinski definition) is 0. The van der Waals surface area contributed by atoms with Crippen molar-refractivity contribution in [1.29, 1.82) is 0 Å². The number of rotatable bonds is 9. The van der Waals surface area contributed by atoms with E-state index in [1.54, 1.807) is 13.0 Å². The Hall–Kier alpha value is -1.94. The van der Waals surface area contributed by atoms with E-state index in [2.05, 4.69) is 19.1 Å². The highest BCUT2D eigenvalue weighted by Gasteiger charge is 2.26. The molecule has 0 bridgehead atoms. The first kappa shape index (κ1) is 25.2. The Morgan fingerprint density at radius 3 is 2.09 bits per heavy atom. The van der Waals surface area contributed by atoms with Gasteiger partial charge in [0.05, 0.1) is 12.7 Å². The molecular weight excluding hydrogens is 430 g/mol. The van der Waals surface area contributed by atoms with Crippen LogP contribution >= 0.6 is 0 Å². The summed E-state index contributed by atoms with van der Waals surface area (Å²) in [4.78, 5) is 0. The molecule has 0 N–H and O–H groups in total. The molecule has 2 aromatic carbocycles. The van der Waals surface area contributed by atoms with Gasteiger partial charge < -0.3 is 9.47 Å². The van der Waals surface area contributed by atoms with E-state index < -0.39 is 11.6 Å². The van der Waals surface area contributed by atoms with Gasteiger partial charge in [0.2, 0.25) is 5.82 Å². The second-order valence-corrected chi connectivity index (χ2v) is 10.3. The molecule has 2 aliphatic carbocycles. The summed E-state index contributed by atoms with van der Waals surface area (Å²) in [6.45, 7) is 5.29. The quantitative estimate of drug-likeness (QED) is 0.365. The average Bonchev–Trinajstić information content (AvgIpc) is 2.87. The van der Waals surface area contributed by atoms with Crippen LogP contribution < -0.4 is 4.74 Å². The van der Waals surface area contributed by atoms with Crippen LogP contribution in [0.25, 0.3) is 11.1 Å². The highest BCUT2D eigenvalue weighted by molar-refractivity contribution is 5.65. The minimum absolute atomic E-state index is 0.0384. The molecule has 2 saturated carbocycles. The highest BCUT2D eigenvalue weighted by atomic mass is 19.2. The smallest absolute Gasteiger partial charge is 0.201 e. The van der Waals surface area contributed by atoms with Gasteiger partial charge in [-0.2, -0.15) is 4.39 Å². The van der Waals surface area contributed by atoms with Crippen LogP contribution in [0.4, 0.5) is 8.78 Å². The summed E-state index contributed by atoms with van der Waals surface area (Å²) >= 11 is 0. The van der Waals surface area contributed by atoms with Gasteiger partial charge in [-0.3, -0.25) is 0 Å². The van der Waals surface area contributed by atoms with Gasteiger partial charge in [0.15, 0.2) is 11.6 Å². The minimum Gasteiger partial charge on any atom is -0.491 e. The zero-order chi connectivity index (χ0) is 23.9. The van der Waals surface area contributed by atoms with E-state index >= 15 is 0 Å². The standard InChI is InChI=1S/C30H40F2O2/c1-3-5-21-6-8-22(9-7-21)20-34-26-16-14-24(15-17-26)23-10-12-25(13-11-23)27-18-19-28(33-4-2)30(32)29(27)31/h10-13,18-19,21-22,24,26H,3-9,14-17,20H2,1-2H3. The Morgan fingerprint density at radius 2 is 1.44 bits per heavy atom. The van der Waals surface area contributed by atoms with Crippen LogP contribution in [0.2, 0.25) is 0 Å².